The summed E-state index contributed by atoms with van der Waals surface area (Å²) >= 11 is 0. The van der Waals surface area contributed by atoms with Crippen LogP contribution < -0.4 is 5.56 Å². The average molecular weight is 486 g/mol. The molecule has 5 rings (SSSR count). The van der Waals surface area contributed by atoms with Gasteiger partial charge >= 0.3 is 5.97 Å². The van der Waals surface area contributed by atoms with Crippen molar-refractivity contribution in [1.29, 1.82) is 0 Å². The molecule has 0 unspecified atom stereocenters. The van der Waals surface area contributed by atoms with Crippen LogP contribution in [-0.4, -0.2) is 55.9 Å². The fraction of sp³-hybridized carbons (Fsp3) is 0.296. The van der Waals surface area contributed by atoms with Crippen molar-refractivity contribution in [2.75, 3.05) is 13.7 Å². The zero-order valence-corrected chi connectivity index (χ0v) is 20.0. The normalized spacial score (nSPS) is 15.7. The number of carbonyl (C=O) groups excluding carboxylic acids is 2. The fourth-order valence-electron chi connectivity index (χ4n) is 4.78. The molecule has 0 spiro atoms. The smallest absolute Gasteiger partial charge is 0.307 e. The lowest BCUT2D eigenvalue weighted by molar-refractivity contribution is -0.144. The van der Waals surface area contributed by atoms with Crippen LogP contribution in [0.25, 0.3) is 28.0 Å². The topological polar surface area (TPSA) is 98.8 Å². The Hall–Kier alpha value is -4.27. The number of methoxy groups -OCH3 is 1. The van der Waals surface area contributed by atoms with Gasteiger partial charge in [0.15, 0.2) is 0 Å². The molecule has 4 heterocycles. The van der Waals surface area contributed by atoms with Crippen LogP contribution in [0.5, 0.6) is 0 Å². The number of likely N-dealkylation sites (tertiary alicyclic amines) is 1. The van der Waals surface area contributed by atoms with Crippen LogP contribution in [0.3, 0.4) is 0 Å². The number of piperidine rings is 1. The van der Waals surface area contributed by atoms with E-state index in [-0.39, 0.29) is 36.4 Å². The van der Waals surface area contributed by atoms with E-state index in [4.69, 9.17) is 9.84 Å². The van der Waals surface area contributed by atoms with Gasteiger partial charge in [-0.15, -0.1) is 0 Å². The van der Waals surface area contributed by atoms with E-state index in [2.05, 4.69) is 5.10 Å². The van der Waals surface area contributed by atoms with E-state index < -0.39 is 0 Å². The average Bonchev–Trinajstić information content (AvgIpc) is 3.30. The quantitative estimate of drug-likeness (QED) is 0.389. The highest BCUT2D eigenvalue weighted by Gasteiger charge is 2.29. The van der Waals surface area contributed by atoms with E-state index in [9.17, 15) is 14.4 Å². The van der Waals surface area contributed by atoms with Gasteiger partial charge < -0.3 is 9.64 Å². The third-order valence-electron chi connectivity index (χ3n) is 6.57. The van der Waals surface area contributed by atoms with Crippen molar-refractivity contribution in [2.45, 2.75) is 38.3 Å². The van der Waals surface area contributed by atoms with Crippen LogP contribution in [0, 0.1) is 0 Å². The van der Waals surface area contributed by atoms with E-state index >= 15 is 0 Å². The Morgan fingerprint density at radius 1 is 1.00 bits per heavy atom. The first-order chi connectivity index (χ1) is 17.5. The van der Waals surface area contributed by atoms with Gasteiger partial charge in [-0.3, -0.25) is 14.4 Å². The highest BCUT2D eigenvalue weighted by molar-refractivity contribution is 5.90. The molecule has 36 heavy (non-hydrogen) atoms. The lowest BCUT2D eigenvalue weighted by atomic mass is 9.99. The first kappa shape index (κ1) is 23.5. The number of aromatic nitrogens is 4. The number of nitrogens with zero attached hydrogens (tertiary/aromatic N) is 5. The third kappa shape index (κ3) is 4.64. The number of amides is 1. The zero-order valence-electron chi connectivity index (χ0n) is 20.0. The largest absolute Gasteiger partial charge is 0.469 e. The van der Waals surface area contributed by atoms with Crippen LogP contribution >= 0.6 is 0 Å². The first-order valence-corrected chi connectivity index (χ1v) is 12.0. The molecule has 1 saturated heterocycles. The maximum Gasteiger partial charge on any atom is 0.307 e. The summed E-state index contributed by atoms with van der Waals surface area (Å²) < 4.78 is 7.79. The molecule has 4 aromatic rings. The molecule has 1 aliphatic heterocycles. The van der Waals surface area contributed by atoms with Gasteiger partial charge in [-0.25, -0.2) is 9.20 Å². The van der Waals surface area contributed by atoms with Crippen molar-refractivity contribution in [3.8, 4) is 22.5 Å². The standard InChI is InChI=1S/C27H27N5O4/c1-36-25(35)17-20-11-5-7-15-30(20)24(34)18-32-23(33)14-13-21(28-32)26-22-12-6-8-16-31(22)29-27(26)19-9-3-2-4-10-19/h2-4,6,8-10,12-14,16,20H,5,7,11,15,17-18H2,1H3/t20-/m1/s1. The van der Waals surface area contributed by atoms with Gasteiger partial charge in [0.05, 0.1) is 30.3 Å². The molecular weight excluding hydrogens is 458 g/mol. The summed E-state index contributed by atoms with van der Waals surface area (Å²) in [6.07, 6.45) is 4.53. The number of rotatable bonds is 6. The van der Waals surface area contributed by atoms with Crippen LogP contribution in [0.1, 0.15) is 25.7 Å². The Balaban J connectivity index is 1.50. The summed E-state index contributed by atoms with van der Waals surface area (Å²) in [5.74, 6) is -0.586. The molecule has 9 heteroatoms. The highest BCUT2D eigenvalue weighted by atomic mass is 16.5. The fourth-order valence-corrected chi connectivity index (χ4v) is 4.78. The molecule has 1 aliphatic rings. The molecule has 3 aromatic heterocycles. The Labute approximate surface area is 207 Å². The predicted molar refractivity (Wildman–Crippen MR) is 134 cm³/mol. The number of hydrogen-bond donors (Lipinski definition) is 0. The maximum absolute atomic E-state index is 13.3. The molecule has 184 valence electrons. The van der Waals surface area contributed by atoms with Crippen LogP contribution in [0.2, 0.25) is 0 Å². The van der Waals surface area contributed by atoms with Crippen molar-refractivity contribution in [3.63, 3.8) is 0 Å². The summed E-state index contributed by atoms with van der Waals surface area (Å²) in [6.45, 7) is 0.339. The molecule has 1 atom stereocenters. The molecular formula is C27H27N5O4. The van der Waals surface area contributed by atoms with Gasteiger partial charge in [0.2, 0.25) is 5.91 Å². The van der Waals surface area contributed by atoms with Crippen molar-refractivity contribution in [1.82, 2.24) is 24.3 Å². The van der Waals surface area contributed by atoms with Crippen molar-refractivity contribution in [2.24, 2.45) is 0 Å². The summed E-state index contributed by atoms with van der Waals surface area (Å²) in [7, 11) is 1.34. The van der Waals surface area contributed by atoms with E-state index in [0.717, 1.165) is 41.6 Å². The first-order valence-electron chi connectivity index (χ1n) is 12.0. The highest BCUT2D eigenvalue weighted by Crippen LogP contribution is 2.33. The Kier molecular flexibility index (Phi) is 6.62. The number of benzene rings is 1. The minimum atomic E-state index is -0.369. The summed E-state index contributed by atoms with van der Waals surface area (Å²) in [5.41, 5.74) is 3.46. The summed E-state index contributed by atoms with van der Waals surface area (Å²) in [6, 6.07) is 18.4. The molecule has 1 fully saturated rings. The molecule has 9 nitrogen and oxygen atoms in total. The van der Waals surface area contributed by atoms with Gasteiger partial charge in [0.25, 0.3) is 5.56 Å². The Morgan fingerprint density at radius 3 is 2.61 bits per heavy atom. The van der Waals surface area contributed by atoms with E-state index in [1.807, 2.05) is 54.7 Å². The van der Waals surface area contributed by atoms with Crippen LogP contribution in [0.4, 0.5) is 0 Å². The van der Waals surface area contributed by atoms with Crippen LogP contribution in [0.15, 0.2) is 71.7 Å². The Bertz CT molecular complexity index is 1460. The van der Waals surface area contributed by atoms with Crippen molar-refractivity contribution in [3.05, 3.63) is 77.2 Å². The minimum Gasteiger partial charge on any atom is -0.469 e. The summed E-state index contributed by atoms with van der Waals surface area (Å²) in [4.78, 5) is 39.5. The second-order valence-corrected chi connectivity index (χ2v) is 8.85. The monoisotopic (exact) mass is 485 g/mol. The lowest BCUT2D eigenvalue weighted by Gasteiger charge is -2.35. The minimum absolute atomic E-state index is 0.146. The Morgan fingerprint density at radius 2 is 1.81 bits per heavy atom. The molecule has 0 aliphatic carbocycles. The van der Waals surface area contributed by atoms with Crippen LogP contribution in [-0.2, 0) is 20.9 Å². The molecule has 0 bridgehead atoms. The van der Waals surface area contributed by atoms with Gasteiger partial charge in [0.1, 0.15) is 12.2 Å². The number of hydrogen-bond acceptors (Lipinski definition) is 6. The summed E-state index contributed by atoms with van der Waals surface area (Å²) in [5, 5.41) is 9.36. The SMILES string of the molecule is COC(=O)C[C@H]1CCCCN1C(=O)Cn1nc(-c2c(-c3ccccc3)nn3ccccc23)ccc1=O. The second-order valence-electron chi connectivity index (χ2n) is 8.85. The number of ether oxygens (including phenoxy) is 1. The molecule has 1 aromatic carbocycles. The molecule has 1 amide bonds. The molecule has 0 N–H and O–H groups in total. The number of fused-ring (bicyclic) bond motifs is 1. The van der Waals surface area contributed by atoms with Gasteiger partial charge in [-0.05, 0) is 37.5 Å². The molecule has 0 saturated carbocycles. The number of esters is 1. The number of carbonyl (C=O) groups is 2. The van der Waals surface area contributed by atoms with E-state index in [0.29, 0.717) is 12.2 Å². The van der Waals surface area contributed by atoms with Gasteiger partial charge in [-0.2, -0.15) is 10.2 Å². The molecule has 0 radical (unpaired) electrons. The lowest BCUT2D eigenvalue weighted by Crippen LogP contribution is -2.47. The van der Waals surface area contributed by atoms with Gasteiger partial charge in [0, 0.05) is 30.4 Å². The zero-order chi connectivity index (χ0) is 25.1. The number of pyridine rings is 1. The second kappa shape index (κ2) is 10.2. The van der Waals surface area contributed by atoms with E-state index in [1.165, 1.54) is 17.9 Å². The van der Waals surface area contributed by atoms with Gasteiger partial charge in [-0.1, -0.05) is 36.4 Å². The maximum atomic E-state index is 13.3. The third-order valence-corrected chi connectivity index (χ3v) is 6.57. The van der Waals surface area contributed by atoms with Crippen molar-refractivity contribution < 1.29 is 14.3 Å². The predicted octanol–water partition coefficient (Wildman–Crippen LogP) is 3.17. The van der Waals surface area contributed by atoms with Crippen molar-refractivity contribution >= 4 is 17.4 Å². The van der Waals surface area contributed by atoms with E-state index in [1.54, 1.807) is 15.5 Å².